The van der Waals surface area contributed by atoms with Gasteiger partial charge in [-0.1, -0.05) is 6.07 Å². The molecule has 0 aromatic heterocycles. The highest BCUT2D eigenvalue weighted by Gasteiger charge is 2.32. The number of amides is 2. The van der Waals surface area contributed by atoms with Crippen LogP contribution in [0.2, 0.25) is 0 Å². The Labute approximate surface area is 284 Å². The number of nitrogens with one attached hydrogen (secondary N) is 3. The number of rotatable bonds is 15. The quantitative estimate of drug-likeness (QED) is 0.0568. The third-order valence-corrected chi connectivity index (χ3v) is 7.61. The monoisotopic (exact) mass is 727 g/mol. The Morgan fingerprint density at radius 2 is 1.81 bits per heavy atom. The number of non-ortho nitro benzene ring substituents is 1. The Morgan fingerprint density at radius 3 is 2.48 bits per heavy atom. The van der Waals surface area contributed by atoms with Crippen molar-refractivity contribution in [1.29, 1.82) is 0 Å². The van der Waals surface area contributed by atoms with Gasteiger partial charge in [-0.2, -0.15) is 5.10 Å². The second-order valence-electron chi connectivity index (χ2n) is 10.2. The van der Waals surface area contributed by atoms with Crippen molar-refractivity contribution in [3.8, 4) is 23.0 Å². The summed E-state index contributed by atoms with van der Waals surface area (Å²) in [7, 11) is 2.75. The summed E-state index contributed by atoms with van der Waals surface area (Å²) in [6, 6.07) is 13.1. The molecule has 1 aliphatic rings. The number of halogens is 1. The minimum Gasteiger partial charge on any atom is -0.493 e. The Hall–Kier alpha value is -5.35. The van der Waals surface area contributed by atoms with Crippen molar-refractivity contribution in [2.24, 2.45) is 5.10 Å². The van der Waals surface area contributed by atoms with E-state index in [0.29, 0.717) is 50.9 Å². The lowest BCUT2D eigenvalue weighted by Crippen LogP contribution is -2.45. The van der Waals surface area contributed by atoms with E-state index in [-0.39, 0.29) is 24.5 Å². The maximum Gasteiger partial charge on any atom is 0.337 e. The molecule has 4 N–H and O–H groups in total. The first kappa shape index (κ1) is 35.5. The molecular formula is C32H34BrN5O10. The molecule has 0 spiro atoms. The Bertz CT molecular complexity index is 1710. The minimum atomic E-state index is -1.21. The number of benzene rings is 3. The number of nitro groups is 1. The summed E-state index contributed by atoms with van der Waals surface area (Å²) in [5, 5.41) is 30.8. The Morgan fingerprint density at radius 1 is 1.08 bits per heavy atom. The number of nitrogens with zero attached hydrogens (tertiary/aromatic N) is 2. The zero-order valence-corrected chi connectivity index (χ0v) is 28.0. The maximum atomic E-state index is 12.5. The second-order valence-corrected chi connectivity index (χ2v) is 11.0. The molecule has 0 bridgehead atoms. The third kappa shape index (κ3) is 8.92. The number of esters is 1. The predicted molar refractivity (Wildman–Crippen MR) is 177 cm³/mol. The van der Waals surface area contributed by atoms with E-state index in [1.165, 1.54) is 32.6 Å². The summed E-state index contributed by atoms with van der Waals surface area (Å²) in [5.41, 5.74) is 5.13. The molecule has 254 valence electrons. The van der Waals surface area contributed by atoms with Gasteiger partial charge >= 0.3 is 12.0 Å². The molecule has 3 aromatic rings. The number of carbonyl (C=O) groups excluding carboxylic acids is 2. The lowest BCUT2D eigenvalue weighted by molar-refractivity contribution is -0.384. The van der Waals surface area contributed by atoms with Gasteiger partial charge in [-0.15, -0.1) is 0 Å². The number of methoxy groups -OCH3 is 2. The number of aliphatic hydroxyl groups excluding tert-OH is 1. The topological polar surface area (TPSA) is 192 Å². The van der Waals surface area contributed by atoms with Crippen LogP contribution in [-0.4, -0.2) is 61.9 Å². The minimum absolute atomic E-state index is 0.00742. The lowest BCUT2D eigenvalue weighted by atomic mass is 9.95. The molecule has 2 amide bonds. The van der Waals surface area contributed by atoms with Crippen molar-refractivity contribution in [2.75, 3.05) is 27.4 Å². The molecular weight excluding hydrogens is 694 g/mol. The fraction of sp³-hybridized carbons (Fsp3) is 0.281. The maximum absolute atomic E-state index is 12.5. The fourth-order valence-electron chi connectivity index (χ4n) is 4.61. The predicted octanol–water partition coefficient (Wildman–Crippen LogP) is 4.47. The molecule has 1 heterocycles. The molecule has 0 fully saturated rings. The van der Waals surface area contributed by atoms with E-state index in [4.69, 9.17) is 23.7 Å². The summed E-state index contributed by atoms with van der Waals surface area (Å²) in [4.78, 5) is 35.0. The van der Waals surface area contributed by atoms with Crippen LogP contribution in [0.3, 0.4) is 0 Å². The van der Waals surface area contributed by atoms with Crippen molar-refractivity contribution in [3.63, 3.8) is 0 Å². The van der Waals surface area contributed by atoms with Gasteiger partial charge in [0.2, 0.25) is 0 Å². The van der Waals surface area contributed by atoms with E-state index in [2.05, 4.69) is 37.1 Å². The molecule has 4 rings (SSSR count). The molecule has 16 heteroatoms. The Kier molecular flexibility index (Phi) is 12.2. The van der Waals surface area contributed by atoms with E-state index in [1.807, 2.05) is 0 Å². The molecule has 0 saturated heterocycles. The molecule has 48 heavy (non-hydrogen) atoms. The first-order valence-electron chi connectivity index (χ1n) is 14.5. The van der Waals surface area contributed by atoms with Crippen LogP contribution in [0.15, 0.2) is 75.4 Å². The van der Waals surface area contributed by atoms with Crippen molar-refractivity contribution in [3.05, 3.63) is 97.1 Å². The van der Waals surface area contributed by atoms with E-state index < -0.39 is 29.2 Å². The van der Waals surface area contributed by atoms with Crippen LogP contribution in [-0.2, 0) is 16.1 Å². The molecule has 2 atom stereocenters. The smallest absolute Gasteiger partial charge is 0.337 e. The zero-order valence-electron chi connectivity index (χ0n) is 26.4. The number of urea groups is 1. The van der Waals surface area contributed by atoms with Crippen molar-refractivity contribution < 1.29 is 43.3 Å². The van der Waals surface area contributed by atoms with Crippen LogP contribution < -0.4 is 35.0 Å². The van der Waals surface area contributed by atoms with E-state index in [1.54, 1.807) is 56.3 Å². The van der Waals surface area contributed by atoms with Crippen molar-refractivity contribution in [1.82, 2.24) is 16.1 Å². The second kappa shape index (κ2) is 16.5. The zero-order chi connectivity index (χ0) is 34.8. The number of hydrazone groups is 1. The van der Waals surface area contributed by atoms with Gasteiger partial charge in [-0.3, -0.25) is 15.5 Å². The van der Waals surface area contributed by atoms with Gasteiger partial charge in [0, 0.05) is 27.9 Å². The molecule has 0 radical (unpaired) electrons. The molecule has 0 unspecified atom stereocenters. The van der Waals surface area contributed by atoms with Crippen LogP contribution in [0.5, 0.6) is 23.0 Å². The average Bonchev–Trinajstić information content (AvgIpc) is 3.07. The van der Waals surface area contributed by atoms with Gasteiger partial charge < -0.3 is 39.4 Å². The third-order valence-electron chi connectivity index (χ3n) is 6.92. The molecule has 1 aliphatic heterocycles. The number of allylic oxidation sites excluding steroid dienone is 1. The summed E-state index contributed by atoms with van der Waals surface area (Å²) < 4.78 is 28.4. The fourth-order valence-corrected chi connectivity index (χ4v) is 5.04. The van der Waals surface area contributed by atoms with Crippen molar-refractivity contribution >= 4 is 39.8 Å². The highest BCUT2D eigenvalue weighted by Crippen LogP contribution is 2.35. The van der Waals surface area contributed by atoms with Gasteiger partial charge in [-0.25, -0.2) is 9.59 Å². The van der Waals surface area contributed by atoms with Crippen LogP contribution in [0, 0.1) is 10.1 Å². The lowest BCUT2D eigenvalue weighted by Gasteiger charge is -2.28. The SMILES string of the molecule is CCOc1cc([C@@H]2NC(=O)NC(C)=C2C(=O)OC)ccc1OC[C@@H](O)N/N=C\c1cc(OC)c(OCc2ccc([N+](=O)[O-])cc2)cc1Br. The number of hydrogen-bond acceptors (Lipinski definition) is 12. The van der Waals surface area contributed by atoms with E-state index in [0.717, 1.165) is 5.56 Å². The summed E-state index contributed by atoms with van der Waals surface area (Å²) in [5.74, 6) is 0.931. The molecule has 0 aliphatic carbocycles. The molecule has 0 saturated carbocycles. The van der Waals surface area contributed by atoms with E-state index >= 15 is 0 Å². The largest absolute Gasteiger partial charge is 0.493 e. The standard InChI is InChI=1S/C32H34BrN5O10/c1-5-46-26-12-20(30-29(31(40)45-4)18(2)35-32(41)36-30)8-11-24(26)48-17-28(39)37-34-15-21-13-25(44-3)27(14-23(21)33)47-16-19-6-9-22(10-7-19)38(42)43/h6-15,28,30,37,39H,5,16-17H2,1-4H3,(H2,35,36,41)/b34-15-/t28-,30+/m1/s1. The van der Waals surface area contributed by atoms with Crippen LogP contribution in [0.25, 0.3) is 0 Å². The van der Waals surface area contributed by atoms with Gasteiger partial charge in [0.1, 0.15) is 13.2 Å². The van der Waals surface area contributed by atoms with Crippen molar-refractivity contribution in [2.45, 2.75) is 32.7 Å². The Balaban J connectivity index is 1.38. The van der Waals surface area contributed by atoms with E-state index in [9.17, 15) is 24.8 Å². The van der Waals surface area contributed by atoms with Crippen LogP contribution >= 0.6 is 15.9 Å². The molecule has 15 nitrogen and oxygen atoms in total. The number of ether oxygens (including phenoxy) is 5. The van der Waals surface area contributed by atoms with Crippen LogP contribution in [0.1, 0.15) is 36.6 Å². The first-order chi connectivity index (χ1) is 23.0. The highest BCUT2D eigenvalue weighted by molar-refractivity contribution is 9.10. The molecule has 3 aromatic carbocycles. The normalized spacial score (nSPS) is 14.9. The van der Waals surface area contributed by atoms with Gasteiger partial charge in [0.25, 0.3) is 5.69 Å². The highest BCUT2D eigenvalue weighted by atomic mass is 79.9. The number of aliphatic hydroxyl groups is 1. The summed E-state index contributed by atoms with van der Waals surface area (Å²) in [6.07, 6.45) is 0.263. The number of nitro benzene ring substituents is 1. The van der Waals surface area contributed by atoms with Gasteiger partial charge in [0.15, 0.2) is 29.2 Å². The van der Waals surface area contributed by atoms with Gasteiger partial charge in [0.05, 0.1) is 43.6 Å². The van der Waals surface area contributed by atoms with Gasteiger partial charge in [-0.05, 0) is 77.3 Å². The average molecular weight is 729 g/mol. The number of hydrogen-bond donors (Lipinski definition) is 4. The van der Waals surface area contributed by atoms with Crippen LogP contribution in [0.4, 0.5) is 10.5 Å². The first-order valence-corrected chi connectivity index (χ1v) is 15.3. The number of carbonyl (C=O) groups is 2. The summed E-state index contributed by atoms with van der Waals surface area (Å²) in [6.45, 7) is 3.67. The summed E-state index contributed by atoms with van der Waals surface area (Å²) >= 11 is 3.48.